The monoisotopic (exact) mass is 310 g/mol. The van der Waals surface area contributed by atoms with Gasteiger partial charge >= 0.3 is 0 Å². The Morgan fingerprint density at radius 1 is 1.21 bits per heavy atom. The Hall–Kier alpha value is -0.690. The van der Waals surface area contributed by atoms with E-state index in [9.17, 15) is 12.8 Å². The summed E-state index contributed by atoms with van der Waals surface area (Å²) in [6.07, 6.45) is 0.985. The Morgan fingerprint density at radius 2 is 1.89 bits per heavy atom. The summed E-state index contributed by atoms with van der Waals surface area (Å²) >= 11 is 0. The number of sulfonamides is 1. The van der Waals surface area contributed by atoms with Crippen LogP contribution in [0.5, 0.6) is 0 Å². The lowest BCUT2D eigenvalue weighted by molar-refractivity contribution is 0.553. The van der Waals surface area contributed by atoms with E-state index in [0.717, 1.165) is 13.0 Å². The van der Waals surface area contributed by atoms with Crippen molar-refractivity contribution in [2.45, 2.75) is 25.2 Å². The lowest BCUT2D eigenvalue weighted by Crippen LogP contribution is -2.32. The van der Waals surface area contributed by atoms with Crippen LogP contribution in [0.25, 0.3) is 0 Å². The van der Waals surface area contributed by atoms with Crippen molar-refractivity contribution < 1.29 is 12.8 Å². The van der Waals surface area contributed by atoms with Crippen molar-refractivity contribution in [2.24, 2.45) is 0 Å². The van der Waals surface area contributed by atoms with E-state index in [1.54, 1.807) is 6.92 Å². The largest absolute Gasteiger partial charge is 0.315 e. The number of aryl methyl sites for hydroxylation is 1. The highest BCUT2D eigenvalue weighted by Crippen LogP contribution is 2.15. The van der Waals surface area contributed by atoms with Gasteiger partial charge in [-0.1, -0.05) is 13.0 Å². The molecular weight excluding hydrogens is 291 g/mol. The highest BCUT2D eigenvalue weighted by Gasteiger charge is 2.18. The van der Waals surface area contributed by atoms with Gasteiger partial charge in [0.15, 0.2) is 0 Å². The zero-order valence-electron chi connectivity index (χ0n) is 11.1. The van der Waals surface area contributed by atoms with E-state index in [1.807, 2.05) is 6.92 Å². The second-order valence-corrected chi connectivity index (χ2v) is 5.82. The maximum absolute atomic E-state index is 13.5. The van der Waals surface area contributed by atoms with Gasteiger partial charge in [-0.25, -0.2) is 17.5 Å². The van der Waals surface area contributed by atoms with Crippen LogP contribution in [0.4, 0.5) is 4.39 Å². The fourth-order valence-electron chi connectivity index (χ4n) is 1.47. The molecule has 19 heavy (non-hydrogen) atoms. The van der Waals surface area contributed by atoms with Gasteiger partial charge in [-0.2, -0.15) is 0 Å². The zero-order valence-corrected chi connectivity index (χ0v) is 12.7. The van der Waals surface area contributed by atoms with Gasteiger partial charge in [0, 0.05) is 13.1 Å². The van der Waals surface area contributed by atoms with Crippen LogP contribution >= 0.6 is 12.4 Å². The SMILES string of the molecule is CCCNCCNS(=O)(=O)c1cc(C)ccc1F.Cl. The van der Waals surface area contributed by atoms with Crippen LogP contribution in [0.2, 0.25) is 0 Å². The minimum Gasteiger partial charge on any atom is -0.315 e. The van der Waals surface area contributed by atoms with Crippen LogP contribution in [0.15, 0.2) is 23.1 Å². The molecule has 0 aliphatic heterocycles. The van der Waals surface area contributed by atoms with Crippen LogP contribution in [-0.4, -0.2) is 28.1 Å². The molecule has 1 aromatic carbocycles. The van der Waals surface area contributed by atoms with E-state index < -0.39 is 15.8 Å². The van der Waals surface area contributed by atoms with Crippen molar-refractivity contribution in [2.75, 3.05) is 19.6 Å². The van der Waals surface area contributed by atoms with Crippen molar-refractivity contribution >= 4 is 22.4 Å². The van der Waals surface area contributed by atoms with Crippen LogP contribution in [0.1, 0.15) is 18.9 Å². The molecule has 0 bridgehead atoms. The summed E-state index contributed by atoms with van der Waals surface area (Å²) < 4.78 is 39.6. The van der Waals surface area contributed by atoms with Crippen molar-refractivity contribution in [1.29, 1.82) is 0 Å². The molecule has 1 rings (SSSR count). The second kappa shape index (κ2) is 8.47. The van der Waals surface area contributed by atoms with Gasteiger partial charge < -0.3 is 5.32 Å². The fraction of sp³-hybridized carbons (Fsp3) is 0.500. The van der Waals surface area contributed by atoms with Crippen LogP contribution in [0, 0.1) is 12.7 Å². The summed E-state index contributed by atoms with van der Waals surface area (Å²) in [5.41, 5.74) is 0.709. The minimum absolute atomic E-state index is 0. The molecule has 0 aromatic heterocycles. The molecule has 1 aromatic rings. The molecule has 0 fully saturated rings. The highest BCUT2D eigenvalue weighted by atomic mass is 35.5. The number of rotatable bonds is 7. The first-order valence-electron chi connectivity index (χ1n) is 5.94. The lowest BCUT2D eigenvalue weighted by atomic mass is 10.2. The molecular formula is C12H20ClFN2O2S. The molecule has 0 aliphatic rings. The Bertz CT molecular complexity index is 495. The zero-order chi connectivity index (χ0) is 13.6. The van der Waals surface area contributed by atoms with E-state index in [4.69, 9.17) is 0 Å². The quantitative estimate of drug-likeness (QED) is 0.756. The average molecular weight is 311 g/mol. The Labute approximate surface area is 120 Å². The molecule has 7 heteroatoms. The predicted molar refractivity (Wildman–Crippen MR) is 76.7 cm³/mol. The molecule has 0 radical (unpaired) electrons. The van der Waals surface area contributed by atoms with Crippen LogP contribution < -0.4 is 10.0 Å². The molecule has 0 atom stereocenters. The minimum atomic E-state index is -3.77. The third-order valence-electron chi connectivity index (χ3n) is 2.40. The smallest absolute Gasteiger partial charge is 0.243 e. The van der Waals surface area contributed by atoms with Crippen molar-refractivity contribution in [3.8, 4) is 0 Å². The maximum atomic E-state index is 13.5. The predicted octanol–water partition coefficient (Wildman–Crippen LogP) is 1.83. The molecule has 4 nitrogen and oxygen atoms in total. The number of hydrogen-bond donors (Lipinski definition) is 2. The summed E-state index contributed by atoms with van der Waals surface area (Å²) in [6.45, 7) is 5.36. The maximum Gasteiger partial charge on any atom is 0.243 e. The first-order valence-corrected chi connectivity index (χ1v) is 7.42. The van der Waals surface area contributed by atoms with E-state index in [1.165, 1.54) is 18.2 Å². The van der Waals surface area contributed by atoms with Crippen molar-refractivity contribution in [1.82, 2.24) is 10.0 Å². The van der Waals surface area contributed by atoms with Gasteiger partial charge in [0.05, 0.1) is 0 Å². The second-order valence-electron chi connectivity index (χ2n) is 4.08. The molecule has 0 saturated carbocycles. The molecule has 0 amide bonds. The summed E-state index contributed by atoms with van der Waals surface area (Å²) in [7, 11) is -3.77. The summed E-state index contributed by atoms with van der Waals surface area (Å²) in [6, 6.07) is 4.04. The molecule has 0 unspecified atom stereocenters. The lowest BCUT2D eigenvalue weighted by Gasteiger charge is -2.08. The molecule has 2 N–H and O–H groups in total. The third-order valence-corrected chi connectivity index (χ3v) is 3.87. The summed E-state index contributed by atoms with van der Waals surface area (Å²) in [5, 5.41) is 3.06. The van der Waals surface area contributed by atoms with Gasteiger partial charge in [0.1, 0.15) is 10.7 Å². The molecule has 110 valence electrons. The first-order chi connectivity index (χ1) is 8.47. The Morgan fingerprint density at radius 3 is 2.53 bits per heavy atom. The molecule has 0 aliphatic carbocycles. The standard InChI is InChI=1S/C12H19FN2O2S.ClH/c1-3-6-14-7-8-15-18(16,17)12-9-10(2)4-5-11(12)13;/h4-5,9,14-15H,3,6-8H2,1-2H3;1H. The summed E-state index contributed by atoms with van der Waals surface area (Å²) in [5.74, 6) is -0.727. The van der Waals surface area contributed by atoms with Gasteiger partial charge in [-0.3, -0.25) is 0 Å². The Kier molecular flexibility index (Phi) is 8.17. The van der Waals surface area contributed by atoms with Gasteiger partial charge in [-0.05, 0) is 37.6 Å². The normalized spacial score (nSPS) is 11.1. The Balaban J connectivity index is 0.00000324. The van der Waals surface area contributed by atoms with Crippen molar-refractivity contribution in [3.63, 3.8) is 0 Å². The van der Waals surface area contributed by atoms with Crippen LogP contribution in [0.3, 0.4) is 0 Å². The van der Waals surface area contributed by atoms with Crippen molar-refractivity contribution in [3.05, 3.63) is 29.6 Å². The average Bonchev–Trinajstić information content (AvgIpc) is 2.32. The number of nitrogens with one attached hydrogen (secondary N) is 2. The highest BCUT2D eigenvalue weighted by molar-refractivity contribution is 7.89. The number of hydrogen-bond acceptors (Lipinski definition) is 3. The number of benzene rings is 1. The molecule has 0 heterocycles. The van der Waals surface area contributed by atoms with Gasteiger partial charge in [-0.15, -0.1) is 12.4 Å². The van der Waals surface area contributed by atoms with E-state index in [0.29, 0.717) is 12.1 Å². The van der Waals surface area contributed by atoms with Gasteiger partial charge in [0.2, 0.25) is 10.0 Å². The topological polar surface area (TPSA) is 58.2 Å². The van der Waals surface area contributed by atoms with E-state index >= 15 is 0 Å². The van der Waals surface area contributed by atoms with Gasteiger partial charge in [0.25, 0.3) is 0 Å². The molecule has 0 spiro atoms. The number of halogens is 2. The van der Waals surface area contributed by atoms with E-state index in [2.05, 4.69) is 10.0 Å². The van der Waals surface area contributed by atoms with E-state index in [-0.39, 0.29) is 23.8 Å². The first kappa shape index (κ1) is 18.3. The fourth-order valence-corrected chi connectivity index (χ4v) is 2.66. The third kappa shape index (κ3) is 5.86. The molecule has 0 saturated heterocycles. The van der Waals surface area contributed by atoms with Crippen LogP contribution in [-0.2, 0) is 10.0 Å². The summed E-state index contributed by atoms with van der Waals surface area (Å²) in [4.78, 5) is -0.294.